The van der Waals surface area contributed by atoms with Crippen molar-refractivity contribution in [3.8, 4) is 11.4 Å². The SMILES string of the molecule is O=C(c1cnn(-c2ccccc2)n1)N1CCCC(Oc2ccncc2)C1. The third kappa shape index (κ3) is 3.56. The molecule has 1 atom stereocenters. The van der Waals surface area contributed by atoms with E-state index in [4.69, 9.17) is 4.74 Å². The van der Waals surface area contributed by atoms with Crippen molar-refractivity contribution in [1.82, 2.24) is 24.9 Å². The van der Waals surface area contributed by atoms with Crippen molar-refractivity contribution in [2.75, 3.05) is 13.1 Å². The van der Waals surface area contributed by atoms with Crippen LogP contribution >= 0.6 is 0 Å². The lowest BCUT2D eigenvalue weighted by molar-refractivity contribution is 0.0532. The summed E-state index contributed by atoms with van der Waals surface area (Å²) < 4.78 is 5.97. The minimum Gasteiger partial charge on any atom is -0.488 e. The average molecular weight is 349 g/mol. The van der Waals surface area contributed by atoms with E-state index in [0.29, 0.717) is 18.8 Å². The fraction of sp³-hybridized carbons (Fsp3) is 0.263. The molecule has 2 aromatic heterocycles. The lowest BCUT2D eigenvalue weighted by Gasteiger charge is -2.32. The topological polar surface area (TPSA) is 73.1 Å². The summed E-state index contributed by atoms with van der Waals surface area (Å²) >= 11 is 0. The lowest BCUT2D eigenvalue weighted by atomic mass is 10.1. The van der Waals surface area contributed by atoms with Gasteiger partial charge in [0.05, 0.1) is 18.4 Å². The van der Waals surface area contributed by atoms with E-state index >= 15 is 0 Å². The largest absolute Gasteiger partial charge is 0.488 e. The number of hydrogen-bond acceptors (Lipinski definition) is 5. The molecule has 1 aliphatic rings. The Morgan fingerprint density at radius 3 is 2.73 bits per heavy atom. The summed E-state index contributed by atoms with van der Waals surface area (Å²) in [6, 6.07) is 13.2. The minimum absolute atomic E-state index is 0.0285. The molecule has 0 N–H and O–H groups in total. The van der Waals surface area contributed by atoms with Crippen molar-refractivity contribution in [3.05, 3.63) is 66.7 Å². The highest BCUT2D eigenvalue weighted by molar-refractivity contribution is 5.92. The Balaban J connectivity index is 1.44. The smallest absolute Gasteiger partial charge is 0.276 e. The van der Waals surface area contributed by atoms with Crippen LogP contribution in [0.25, 0.3) is 5.69 Å². The molecule has 7 nitrogen and oxygen atoms in total. The van der Waals surface area contributed by atoms with Gasteiger partial charge in [-0.1, -0.05) is 18.2 Å². The van der Waals surface area contributed by atoms with Gasteiger partial charge in [0.1, 0.15) is 11.9 Å². The summed E-state index contributed by atoms with van der Waals surface area (Å²) in [5, 5.41) is 8.54. The van der Waals surface area contributed by atoms with Crippen LogP contribution in [-0.4, -0.2) is 50.0 Å². The Labute approximate surface area is 151 Å². The molecule has 0 radical (unpaired) electrons. The quantitative estimate of drug-likeness (QED) is 0.723. The number of rotatable bonds is 4. The van der Waals surface area contributed by atoms with Gasteiger partial charge < -0.3 is 9.64 Å². The van der Waals surface area contributed by atoms with Crippen LogP contribution < -0.4 is 4.74 Å². The highest BCUT2D eigenvalue weighted by Gasteiger charge is 2.27. The van der Waals surface area contributed by atoms with Gasteiger partial charge in [-0.2, -0.15) is 9.90 Å². The normalized spacial score (nSPS) is 17.1. The van der Waals surface area contributed by atoms with Gasteiger partial charge in [0.2, 0.25) is 0 Å². The number of benzene rings is 1. The maximum absolute atomic E-state index is 12.8. The number of piperidine rings is 1. The van der Waals surface area contributed by atoms with Gasteiger partial charge in [-0.15, -0.1) is 5.10 Å². The lowest BCUT2D eigenvalue weighted by Crippen LogP contribution is -2.44. The Kier molecular flexibility index (Phi) is 4.59. The van der Waals surface area contributed by atoms with Crippen LogP contribution in [0.1, 0.15) is 23.3 Å². The maximum Gasteiger partial charge on any atom is 0.276 e. The molecule has 3 heterocycles. The predicted octanol–water partition coefficient (Wildman–Crippen LogP) is 2.35. The molecule has 0 bridgehead atoms. The molecular weight excluding hydrogens is 330 g/mol. The second-order valence-corrected chi connectivity index (χ2v) is 6.17. The van der Waals surface area contributed by atoms with Gasteiger partial charge in [-0.25, -0.2) is 0 Å². The third-order valence-corrected chi connectivity index (χ3v) is 4.32. The van der Waals surface area contributed by atoms with Crippen LogP contribution in [-0.2, 0) is 0 Å². The molecule has 1 aliphatic heterocycles. The zero-order valence-corrected chi connectivity index (χ0v) is 14.2. The molecule has 0 saturated carbocycles. The molecule has 3 aromatic rings. The molecule has 1 unspecified atom stereocenters. The fourth-order valence-corrected chi connectivity index (χ4v) is 3.04. The summed E-state index contributed by atoms with van der Waals surface area (Å²) in [5.41, 5.74) is 1.17. The predicted molar refractivity (Wildman–Crippen MR) is 95.1 cm³/mol. The van der Waals surface area contributed by atoms with Crippen molar-refractivity contribution in [2.45, 2.75) is 18.9 Å². The number of hydrogen-bond donors (Lipinski definition) is 0. The molecular formula is C19H19N5O2. The molecule has 1 amide bonds. The number of amides is 1. The number of aromatic nitrogens is 4. The Morgan fingerprint density at radius 1 is 1.12 bits per heavy atom. The number of para-hydroxylation sites is 1. The Hall–Kier alpha value is -3.22. The number of carbonyl (C=O) groups is 1. The van der Waals surface area contributed by atoms with Gasteiger partial charge in [0.25, 0.3) is 5.91 Å². The molecule has 4 rings (SSSR count). The highest BCUT2D eigenvalue weighted by atomic mass is 16.5. The van der Waals surface area contributed by atoms with Gasteiger partial charge in [-0.05, 0) is 37.1 Å². The molecule has 1 aromatic carbocycles. The first-order chi connectivity index (χ1) is 12.8. The van der Waals surface area contributed by atoms with Crippen LogP contribution in [0, 0.1) is 0 Å². The number of likely N-dealkylation sites (tertiary alicyclic amines) is 1. The number of nitrogens with zero attached hydrogens (tertiary/aromatic N) is 5. The van der Waals surface area contributed by atoms with Crippen molar-refractivity contribution in [3.63, 3.8) is 0 Å². The first-order valence-corrected chi connectivity index (χ1v) is 8.63. The molecule has 26 heavy (non-hydrogen) atoms. The number of pyridine rings is 1. The molecule has 0 aliphatic carbocycles. The number of ether oxygens (including phenoxy) is 1. The summed E-state index contributed by atoms with van der Waals surface area (Å²) in [7, 11) is 0. The Morgan fingerprint density at radius 2 is 1.92 bits per heavy atom. The van der Waals surface area contributed by atoms with E-state index in [1.54, 1.807) is 17.3 Å². The van der Waals surface area contributed by atoms with Crippen molar-refractivity contribution in [2.24, 2.45) is 0 Å². The van der Waals surface area contributed by atoms with Crippen LogP contribution in [0.4, 0.5) is 0 Å². The van der Waals surface area contributed by atoms with Crippen LogP contribution in [0.15, 0.2) is 61.1 Å². The van der Waals surface area contributed by atoms with Crippen molar-refractivity contribution >= 4 is 5.91 Å². The van der Waals surface area contributed by atoms with Crippen LogP contribution in [0.5, 0.6) is 5.75 Å². The standard InChI is InChI=1S/C19H19N5O2/c25-19(18-13-21-24(22-18)15-5-2-1-3-6-15)23-12-4-7-17(14-23)26-16-8-10-20-11-9-16/h1-3,5-6,8-11,13,17H,4,7,12,14H2. The zero-order valence-electron chi connectivity index (χ0n) is 14.2. The monoisotopic (exact) mass is 349 g/mol. The van der Waals surface area contributed by atoms with E-state index in [9.17, 15) is 4.79 Å². The molecule has 132 valence electrons. The van der Waals surface area contributed by atoms with Gasteiger partial charge in [0, 0.05) is 18.9 Å². The van der Waals surface area contributed by atoms with Crippen LogP contribution in [0.2, 0.25) is 0 Å². The van der Waals surface area contributed by atoms with Gasteiger partial charge >= 0.3 is 0 Å². The molecule has 1 saturated heterocycles. The molecule has 1 fully saturated rings. The van der Waals surface area contributed by atoms with E-state index in [2.05, 4.69) is 15.2 Å². The summed E-state index contributed by atoms with van der Waals surface area (Å²) in [6.07, 6.45) is 6.70. The Bertz CT molecular complexity index is 866. The fourth-order valence-electron chi connectivity index (χ4n) is 3.04. The minimum atomic E-state index is -0.116. The second kappa shape index (κ2) is 7.35. The molecule has 7 heteroatoms. The van der Waals surface area contributed by atoms with E-state index in [1.165, 1.54) is 11.0 Å². The first kappa shape index (κ1) is 16.3. The van der Waals surface area contributed by atoms with Crippen LogP contribution in [0.3, 0.4) is 0 Å². The zero-order chi connectivity index (χ0) is 17.8. The van der Waals surface area contributed by atoms with E-state index in [1.807, 2.05) is 42.5 Å². The molecule has 0 spiro atoms. The summed E-state index contributed by atoms with van der Waals surface area (Å²) in [4.78, 5) is 20.0. The van der Waals surface area contributed by atoms with Crippen molar-refractivity contribution in [1.29, 1.82) is 0 Å². The van der Waals surface area contributed by atoms with Gasteiger partial charge in [0.15, 0.2) is 5.69 Å². The van der Waals surface area contributed by atoms with Gasteiger partial charge in [-0.3, -0.25) is 9.78 Å². The summed E-state index contributed by atoms with van der Waals surface area (Å²) in [6.45, 7) is 1.24. The second-order valence-electron chi connectivity index (χ2n) is 6.17. The first-order valence-electron chi connectivity index (χ1n) is 8.63. The van der Waals surface area contributed by atoms with E-state index in [-0.39, 0.29) is 12.0 Å². The third-order valence-electron chi connectivity index (χ3n) is 4.32. The summed E-state index contributed by atoms with van der Waals surface area (Å²) in [5.74, 6) is 0.657. The van der Waals surface area contributed by atoms with E-state index in [0.717, 1.165) is 24.3 Å². The van der Waals surface area contributed by atoms with E-state index < -0.39 is 0 Å². The maximum atomic E-state index is 12.8. The van der Waals surface area contributed by atoms with Crippen molar-refractivity contribution < 1.29 is 9.53 Å². The average Bonchev–Trinajstić information content (AvgIpc) is 3.19. The number of carbonyl (C=O) groups excluding carboxylic acids is 1. The highest BCUT2D eigenvalue weighted by Crippen LogP contribution is 2.19.